The molecule has 0 spiro atoms. The van der Waals surface area contributed by atoms with Gasteiger partial charge in [0.25, 0.3) is 0 Å². The van der Waals surface area contributed by atoms with Gasteiger partial charge in [-0.1, -0.05) is 39.0 Å². The summed E-state index contributed by atoms with van der Waals surface area (Å²) in [5.74, 6) is -29.5. The normalized spacial score (nSPS) is 13.1. The zero-order chi connectivity index (χ0) is 31.8. The molecule has 42 heavy (non-hydrogen) atoms. The molecule has 4 nitrogen and oxygen atoms in total. The van der Waals surface area contributed by atoms with Crippen molar-refractivity contribution >= 4 is 5.97 Å². The summed E-state index contributed by atoms with van der Waals surface area (Å²) in [7, 11) is 0. The van der Waals surface area contributed by atoms with Crippen LogP contribution in [0.3, 0.4) is 0 Å². The number of rotatable bonds is 16. The second-order valence-corrected chi connectivity index (χ2v) is 9.22. The Balaban J connectivity index is 1.92. The number of benzene rings is 2. The molecule has 15 heteroatoms. The highest BCUT2D eigenvalue weighted by molar-refractivity contribution is 5.91. The van der Waals surface area contributed by atoms with Gasteiger partial charge in [0.2, 0.25) is 0 Å². The first-order valence-electron chi connectivity index (χ1n) is 12.6. The minimum absolute atomic E-state index is 0.0979. The van der Waals surface area contributed by atoms with Gasteiger partial charge in [-0.05, 0) is 55.0 Å². The van der Waals surface area contributed by atoms with Crippen molar-refractivity contribution in [2.75, 3.05) is 13.2 Å². The van der Waals surface area contributed by atoms with Crippen molar-refractivity contribution in [2.24, 2.45) is 0 Å². The van der Waals surface area contributed by atoms with Crippen molar-refractivity contribution in [3.63, 3.8) is 0 Å². The molecule has 0 bridgehead atoms. The Hall–Kier alpha value is -3.26. The summed E-state index contributed by atoms with van der Waals surface area (Å²) in [6.45, 7) is -0.0638. The molecule has 0 aliphatic heterocycles. The molecule has 0 atom stereocenters. The van der Waals surface area contributed by atoms with Gasteiger partial charge in [-0.15, -0.1) is 0 Å². The van der Waals surface area contributed by atoms with Crippen LogP contribution in [-0.4, -0.2) is 49.0 Å². The van der Waals surface area contributed by atoms with Gasteiger partial charge in [-0.2, -0.15) is 48.3 Å². The fourth-order valence-electron chi connectivity index (χ4n) is 3.40. The van der Waals surface area contributed by atoms with E-state index in [0.717, 1.165) is 56.4 Å². The number of halogens is 11. The number of hydrogen-bond acceptors (Lipinski definition) is 4. The third-order valence-electron chi connectivity index (χ3n) is 5.92. The van der Waals surface area contributed by atoms with Gasteiger partial charge >= 0.3 is 35.8 Å². The summed E-state index contributed by atoms with van der Waals surface area (Å²) in [6.07, 6.45) is -0.736. The van der Waals surface area contributed by atoms with Crippen LogP contribution in [0.5, 0.6) is 17.2 Å². The monoisotopic (exact) mass is 624 g/mol. The van der Waals surface area contributed by atoms with E-state index < -0.39 is 48.2 Å². The highest BCUT2D eigenvalue weighted by Crippen LogP contribution is 2.57. The van der Waals surface area contributed by atoms with Crippen LogP contribution < -0.4 is 14.2 Å². The third kappa shape index (κ3) is 8.18. The maximum atomic E-state index is 13.8. The molecule has 0 amide bonds. The highest BCUT2D eigenvalue weighted by atomic mass is 19.4. The zero-order valence-electron chi connectivity index (χ0n) is 22.1. The van der Waals surface area contributed by atoms with Crippen LogP contribution in [0.15, 0.2) is 48.5 Å². The van der Waals surface area contributed by atoms with Crippen LogP contribution in [0, 0.1) is 0 Å². The van der Waals surface area contributed by atoms with Gasteiger partial charge < -0.3 is 14.2 Å². The zero-order valence-corrected chi connectivity index (χ0v) is 22.1. The molecule has 0 saturated heterocycles. The molecular formula is C27H27F11O4. The number of hydrogen-bond donors (Lipinski definition) is 0. The second kappa shape index (κ2) is 13.8. The fraction of sp³-hybridized carbons (Fsp3) is 0.519. The summed E-state index contributed by atoms with van der Waals surface area (Å²) in [4.78, 5) is 12.3. The lowest BCUT2D eigenvalue weighted by Crippen LogP contribution is -2.67. The first-order chi connectivity index (χ1) is 19.4. The predicted molar refractivity (Wildman–Crippen MR) is 128 cm³/mol. The molecule has 2 rings (SSSR count). The van der Waals surface area contributed by atoms with Gasteiger partial charge in [0.15, 0.2) is 6.61 Å². The largest absolute Gasteiger partial charge is 0.494 e. The first kappa shape index (κ1) is 34.9. The van der Waals surface area contributed by atoms with Crippen molar-refractivity contribution in [1.82, 2.24) is 0 Å². The van der Waals surface area contributed by atoms with E-state index in [1.165, 1.54) is 30.7 Å². The SMILES string of the molecule is CCCCCCCCOc1ccc(C(=O)Oc2ccc(OCC(F)(F)C(F)(F)C(F)(F)C(F)(F)C(F)(F)F)cc2)cc1. The molecule has 0 heterocycles. The van der Waals surface area contributed by atoms with Crippen LogP contribution in [0.25, 0.3) is 0 Å². The minimum atomic E-state index is -7.51. The van der Waals surface area contributed by atoms with E-state index in [2.05, 4.69) is 11.7 Å². The maximum absolute atomic E-state index is 13.8. The number of alkyl halides is 11. The quantitative estimate of drug-likeness (QED) is 0.0809. The molecule has 0 unspecified atom stereocenters. The lowest BCUT2D eigenvalue weighted by Gasteiger charge is -2.37. The molecule has 0 N–H and O–H groups in total. The molecule has 236 valence electrons. The number of carbonyl (C=O) groups is 1. The summed E-state index contributed by atoms with van der Waals surface area (Å²) in [5.41, 5.74) is 0.0979. The van der Waals surface area contributed by atoms with Crippen LogP contribution in [0.1, 0.15) is 55.8 Å². The second-order valence-electron chi connectivity index (χ2n) is 9.22. The highest BCUT2D eigenvalue weighted by Gasteiger charge is 2.87. The Bertz CT molecular complexity index is 1130. The number of esters is 1. The summed E-state index contributed by atoms with van der Waals surface area (Å²) in [5, 5.41) is 0. The van der Waals surface area contributed by atoms with Gasteiger partial charge in [-0.3, -0.25) is 0 Å². The molecule has 0 aliphatic rings. The van der Waals surface area contributed by atoms with Crippen LogP contribution in [0.2, 0.25) is 0 Å². The lowest BCUT2D eigenvalue weighted by molar-refractivity contribution is -0.423. The van der Waals surface area contributed by atoms with Gasteiger partial charge in [-0.25, -0.2) is 4.79 Å². The summed E-state index contributed by atoms with van der Waals surface area (Å²) < 4.78 is 159. The van der Waals surface area contributed by atoms with E-state index in [9.17, 15) is 53.1 Å². The Labute approximate surface area is 233 Å². The molecule has 0 radical (unpaired) electrons. The van der Waals surface area contributed by atoms with E-state index in [-0.39, 0.29) is 11.3 Å². The Morgan fingerprint density at radius 2 is 1.07 bits per heavy atom. The van der Waals surface area contributed by atoms with Crippen molar-refractivity contribution in [2.45, 2.75) is 75.3 Å². The fourth-order valence-corrected chi connectivity index (χ4v) is 3.40. The predicted octanol–water partition coefficient (Wildman–Crippen LogP) is 9.13. The minimum Gasteiger partial charge on any atom is -0.494 e. The van der Waals surface area contributed by atoms with Crippen LogP contribution in [0.4, 0.5) is 48.3 Å². The molecule has 0 saturated carbocycles. The number of unbranched alkanes of at least 4 members (excludes halogenated alkanes) is 5. The standard InChI is InChI=1S/C27H27F11O4/c1-2-3-4-5-6-7-16-40-19-10-8-18(9-11-19)22(39)42-21-14-12-20(13-15-21)41-17-23(28,29)24(30,31)25(32,33)26(34,35)27(36,37)38/h8-15H,2-7,16-17H2,1H3. The average molecular weight is 624 g/mol. The number of carbonyl (C=O) groups excluding carboxylic acids is 1. The summed E-state index contributed by atoms with van der Waals surface area (Å²) in [6, 6.07) is 9.33. The molecular weight excluding hydrogens is 597 g/mol. The Morgan fingerprint density at radius 1 is 0.595 bits per heavy atom. The topological polar surface area (TPSA) is 44.8 Å². The van der Waals surface area contributed by atoms with Crippen molar-refractivity contribution in [3.8, 4) is 17.2 Å². The maximum Gasteiger partial charge on any atom is 0.460 e. The van der Waals surface area contributed by atoms with E-state index in [4.69, 9.17) is 9.47 Å². The van der Waals surface area contributed by atoms with Crippen LogP contribution in [-0.2, 0) is 0 Å². The first-order valence-corrected chi connectivity index (χ1v) is 12.6. The van der Waals surface area contributed by atoms with Gasteiger partial charge in [0.1, 0.15) is 17.2 Å². The van der Waals surface area contributed by atoms with E-state index in [1.807, 2.05) is 0 Å². The molecule has 2 aromatic carbocycles. The van der Waals surface area contributed by atoms with Crippen LogP contribution >= 0.6 is 0 Å². The van der Waals surface area contributed by atoms with E-state index >= 15 is 0 Å². The lowest BCUT2D eigenvalue weighted by atomic mass is 9.98. The number of ether oxygens (including phenoxy) is 3. The molecule has 0 fully saturated rings. The van der Waals surface area contributed by atoms with Gasteiger partial charge in [0.05, 0.1) is 12.2 Å². The average Bonchev–Trinajstić information content (AvgIpc) is 2.91. The summed E-state index contributed by atoms with van der Waals surface area (Å²) >= 11 is 0. The molecule has 2 aromatic rings. The van der Waals surface area contributed by atoms with E-state index in [1.54, 1.807) is 0 Å². The van der Waals surface area contributed by atoms with Gasteiger partial charge in [0, 0.05) is 0 Å². The molecule has 0 aliphatic carbocycles. The smallest absolute Gasteiger partial charge is 0.460 e. The van der Waals surface area contributed by atoms with Crippen molar-refractivity contribution < 1.29 is 67.3 Å². The van der Waals surface area contributed by atoms with E-state index in [0.29, 0.717) is 12.4 Å². The third-order valence-corrected chi connectivity index (χ3v) is 5.92. The van der Waals surface area contributed by atoms with Crippen molar-refractivity contribution in [1.29, 1.82) is 0 Å². The Kier molecular flexibility index (Phi) is 11.5. The van der Waals surface area contributed by atoms with Crippen molar-refractivity contribution in [3.05, 3.63) is 54.1 Å². The molecule has 0 aromatic heterocycles. The Morgan fingerprint density at radius 3 is 1.62 bits per heavy atom.